The van der Waals surface area contributed by atoms with Gasteiger partial charge in [0.05, 0.1) is 18.2 Å². The Balaban J connectivity index is 1.59. The van der Waals surface area contributed by atoms with Crippen molar-refractivity contribution in [3.05, 3.63) is 54.1 Å². The van der Waals surface area contributed by atoms with E-state index in [0.717, 1.165) is 5.56 Å². The summed E-state index contributed by atoms with van der Waals surface area (Å²) in [6.45, 7) is 0.597. The standard InChI is InChI=1S/C17H19FN4O2/c18-14-5-3-12(4-6-14)2-1-7-19-15-10-13(17(23)24)11-16(15)22-9-8-20-21-22/h1-6,8-9,13,15-16,19H,7,10-11H2,(H,23,24)/b2-1+/t13?,15-,16+/m1/s1. The van der Waals surface area contributed by atoms with E-state index in [1.165, 1.54) is 12.1 Å². The first-order chi connectivity index (χ1) is 11.6. The van der Waals surface area contributed by atoms with Crippen LogP contribution in [-0.4, -0.2) is 38.7 Å². The van der Waals surface area contributed by atoms with Crippen molar-refractivity contribution < 1.29 is 14.3 Å². The highest BCUT2D eigenvalue weighted by Gasteiger charge is 2.38. The average molecular weight is 330 g/mol. The smallest absolute Gasteiger partial charge is 0.306 e. The maximum absolute atomic E-state index is 12.9. The molecule has 3 atom stereocenters. The molecule has 0 bridgehead atoms. The van der Waals surface area contributed by atoms with Gasteiger partial charge in [0.2, 0.25) is 0 Å². The van der Waals surface area contributed by atoms with Crippen LogP contribution in [0.25, 0.3) is 6.08 Å². The number of carboxylic acid groups (broad SMARTS) is 1. The first kappa shape index (κ1) is 16.3. The summed E-state index contributed by atoms with van der Waals surface area (Å²) in [5.41, 5.74) is 0.917. The van der Waals surface area contributed by atoms with Crippen LogP contribution in [0.15, 0.2) is 42.7 Å². The van der Waals surface area contributed by atoms with Crippen LogP contribution >= 0.6 is 0 Å². The van der Waals surface area contributed by atoms with Crippen LogP contribution in [0, 0.1) is 11.7 Å². The number of nitrogens with one attached hydrogen (secondary N) is 1. The van der Waals surface area contributed by atoms with Crippen molar-refractivity contribution in [3.63, 3.8) is 0 Å². The van der Waals surface area contributed by atoms with Gasteiger partial charge in [-0.25, -0.2) is 9.07 Å². The number of benzene rings is 1. The number of hydrogen-bond acceptors (Lipinski definition) is 4. The first-order valence-corrected chi connectivity index (χ1v) is 7.87. The second-order valence-electron chi connectivity index (χ2n) is 5.93. The Labute approximate surface area is 139 Å². The summed E-state index contributed by atoms with van der Waals surface area (Å²) in [6.07, 6.45) is 8.31. The molecule has 1 saturated carbocycles. The Hall–Kier alpha value is -2.54. The molecule has 0 amide bonds. The first-order valence-electron chi connectivity index (χ1n) is 7.87. The van der Waals surface area contributed by atoms with Gasteiger partial charge in [-0.05, 0) is 30.5 Å². The minimum Gasteiger partial charge on any atom is -0.481 e. The second-order valence-corrected chi connectivity index (χ2v) is 5.93. The van der Waals surface area contributed by atoms with Crippen molar-refractivity contribution in [2.45, 2.75) is 24.9 Å². The zero-order chi connectivity index (χ0) is 16.9. The van der Waals surface area contributed by atoms with Gasteiger partial charge in [-0.1, -0.05) is 29.5 Å². The number of hydrogen-bond donors (Lipinski definition) is 2. The minimum atomic E-state index is -0.772. The fourth-order valence-electron chi connectivity index (χ4n) is 3.11. The van der Waals surface area contributed by atoms with Gasteiger partial charge in [0.15, 0.2) is 0 Å². The van der Waals surface area contributed by atoms with Crippen molar-refractivity contribution in [2.24, 2.45) is 5.92 Å². The summed E-state index contributed by atoms with van der Waals surface area (Å²) in [5.74, 6) is -1.41. The molecule has 1 aromatic heterocycles. The van der Waals surface area contributed by atoms with Crippen LogP contribution in [0.5, 0.6) is 0 Å². The Morgan fingerprint density at radius 3 is 2.83 bits per heavy atom. The van der Waals surface area contributed by atoms with E-state index in [0.29, 0.717) is 19.4 Å². The number of carbonyl (C=O) groups is 1. The summed E-state index contributed by atoms with van der Waals surface area (Å²) >= 11 is 0. The van der Waals surface area contributed by atoms with Gasteiger partial charge in [-0.3, -0.25) is 4.79 Å². The third-order valence-electron chi connectivity index (χ3n) is 4.34. The molecule has 126 valence electrons. The quantitative estimate of drug-likeness (QED) is 0.848. The molecule has 1 unspecified atom stereocenters. The molecule has 0 radical (unpaired) electrons. The van der Waals surface area contributed by atoms with Gasteiger partial charge in [0.25, 0.3) is 0 Å². The van der Waals surface area contributed by atoms with Gasteiger partial charge in [0.1, 0.15) is 5.82 Å². The lowest BCUT2D eigenvalue weighted by Crippen LogP contribution is -2.34. The van der Waals surface area contributed by atoms with E-state index in [9.17, 15) is 14.3 Å². The van der Waals surface area contributed by atoms with Gasteiger partial charge in [-0.15, -0.1) is 5.10 Å². The Bertz CT molecular complexity index is 700. The van der Waals surface area contributed by atoms with Gasteiger partial charge in [0, 0.05) is 18.8 Å². The number of rotatable bonds is 6. The lowest BCUT2D eigenvalue weighted by atomic mass is 10.1. The van der Waals surface area contributed by atoms with E-state index >= 15 is 0 Å². The normalized spacial score (nSPS) is 23.8. The predicted octanol–water partition coefficient (Wildman–Crippen LogP) is 2.12. The maximum atomic E-state index is 12.9. The van der Waals surface area contributed by atoms with Crippen LogP contribution in [0.3, 0.4) is 0 Å². The Morgan fingerprint density at radius 1 is 1.38 bits per heavy atom. The molecule has 24 heavy (non-hydrogen) atoms. The van der Waals surface area contributed by atoms with Crippen LogP contribution < -0.4 is 5.32 Å². The monoisotopic (exact) mass is 330 g/mol. The van der Waals surface area contributed by atoms with E-state index in [2.05, 4.69) is 15.6 Å². The SMILES string of the molecule is O=C(O)C1C[C@@H](NC/C=C/c2ccc(F)cc2)[C@@H](n2ccnn2)C1. The molecular weight excluding hydrogens is 311 g/mol. The molecule has 1 aliphatic carbocycles. The average Bonchev–Trinajstić information content (AvgIpc) is 3.22. The zero-order valence-corrected chi connectivity index (χ0v) is 13.0. The summed E-state index contributed by atoms with van der Waals surface area (Å²) in [6, 6.07) is 6.25. The lowest BCUT2D eigenvalue weighted by Gasteiger charge is -2.19. The molecular formula is C17H19FN4O2. The second kappa shape index (κ2) is 7.35. The van der Waals surface area contributed by atoms with Crippen LogP contribution in [0.2, 0.25) is 0 Å². The largest absolute Gasteiger partial charge is 0.481 e. The Morgan fingerprint density at radius 2 is 2.17 bits per heavy atom. The minimum absolute atomic E-state index is 0.0191. The highest BCUT2D eigenvalue weighted by molar-refractivity contribution is 5.70. The lowest BCUT2D eigenvalue weighted by molar-refractivity contribution is -0.141. The summed E-state index contributed by atoms with van der Waals surface area (Å²) < 4.78 is 14.6. The molecule has 1 heterocycles. The van der Waals surface area contributed by atoms with E-state index in [-0.39, 0.29) is 23.8 Å². The number of aromatic nitrogens is 3. The molecule has 1 aromatic carbocycles. The molecule has 3 rings (SSSR count). The van der Waals surface area contributed by atoms with Gasteiger partial charge in [-0.2, -0.15) is 0 Å². The van der Waals surface area contributed by atoms with Crippen molar-refractivity contribution in [3.8, 4) is 0 Å². The number of aliphatic carboxylic acids is 1. The molecule has 1 aliphatic rings. The molecule has 2 aromatic rings. The Kier molecular flexibility index (Phi) is 5.00. The summed E-state index contributed by atoms with van der Waals surface area (Å²) in [7, 11) is 0. The molecule has 1 fully saturated rings. The fourth-order valence-corrected chi connectivity index (χ4v) is 3.11. The highest BCUT2D eigenvalue weighted by atomic mass is 19.1. The number of nitrogens with zero attached hydrogens (tertiary/aromatic N) is 3. The molecule has 2 N–H and O–H groups in total. The maximum Gasteiger partial charge on any atom is 0.306 e. The third-order valence-corrected chi connectivity index (χ3v) is 4.34. The fraction of sp³-hybridized carbons (Fsp3) is 0.353. The molecule has 0 spiro atoms. The van der Waals surface area contributed by atoms with Gasteiger partial charge >= 0.3 is 5.97 Å². The highest BCUT2D eigenvalue weighted by Crippen LogP contribution is 2.34. The van der Waals surface area contributed by atoms with Crippen molar-refractivity contribution in [2.75, 3.05) is 6.54 Å². The van der Waals surface area contributed by atoms with Gasteiger partial charge < -0.3 is 10.4 Å². The topological polar surface area (TPSA) is 80.0 Å². The van der Waals surface area contributed by atoms with Crippen LogP contribution in [-0.2, 0) is 4.79 Å². The van der Waals surface area contributed by atoms with E-state index in [4.69, 9.17) is 0 Å². The van der Waals surface area contributed by atoms with Crippen LogP contribution in [0.1, 0.15) is 24.4 Å². The van der Waals surface area contributed by atoms with E-state index < -0.39 is 5.97 Å². The van der Waals surface area contributed by atoms with E-state index in [1.807, 2.05) is 12.2 Å². The van der Waals surface area contributed by atoms with Crippen molar-refractivity contribution >= 4 is 12.0 Å². The van der Waals surface area contributed by atoms with Crippen molar-refractivity contribution in [1.29, 1.82) is 0 Å². The zero-order valence-electron chi connectivity index (χ0n) is 13.0. The van der Waals surface area contributed by atoms with Crippen LogP contribution in [0.4, 0.5) is 4.39 Å². The summed E-state index contributed by atoms with van der Waals surface area (Å²) in [4.78, 5) is 11.3. The number of carboxylic acids is 1. The molecule has 0 aliphatic heterocycles. The summed E-state index contributed by atoms with van der Waals surface area (Å²) in [5, 5.41) is 20.5. The van der Waals surface area contributed by atoms with E-state index in [1.54, 1.807) is 29.2 Å². The molecule has 7 heteroatoms. The predicted molar refractivity (Wildman–Crippen MR) is 86.6 cm³/mol. The van der Waals surface area contributed by atoms with Crippen molar-refractivity contribution in [1.82, 2.24) is 20.3 Å². The third kappa shape index (κ3) is 3.86. The number of halogens is 1. The molecule has 0 saturated heterocycles. The molecule has 6 nitrogen and oxygen atoms in total.